The lowest BCUT2D eigenvalue weighted by atomic mass is 10.1. The number of rotatable bonds is 6. The minimum atomic E-state index is 0.497. The molecule has 1 aromatic rings. The van der Waals surface area contributed by atoms with Gasteiger partial charge in [-0.3, -0.25) is 0 Å². The van der Waals surface area contributed by atoms with Crippen LogP contribution in [0.15, 0.2) is 12.1 Å². The van der Waals surface area contributed by atoms with E-state index in [0.717, 1.165) is 30.0 Å². The maximum absolute atomic E-state index is 5.41. The van der Waals surface area contributed by atoms with Crippen molar-refractivity contribution >= 4 is 0 Å². The SMILES string of the molecule is COc1ccc(CCNCN)c(OC)c1C. The van der Waals surface area contributed by atoms with Crippen LogP contribution in [0.2, 0.25) is 0 Å². The van der Waals surface area contributed by atoms with Crippen LogP contribution in [0, 0.1) is 6.92 Å². The lowest BCUT2D eigenvalue weighted by Crippen LogP contribution is -2.24. The third kappa shape index (κ3) is 2.87. The first kappa shape index (κ1) is 12.8. The van der Waals surface area contributed by atoms with Crippen molar-refractivity contribution in [2.75, 3.05) is 27.4 Å². The summed E-state index contributed by atoms with van der Waals surface area (Å²) in [5, 5.41) is 3.09. The zero-order chi connectivity index (χ0) is 12.0. The van der Waals surface area contributed by atoms with Gasteiger partial charge in [-0.1, -0.05) is 6.07 Å². The second-order valence-corrected chi connectivity index (χ2v) is 3.54. The third-order valence-electron chi connectivity index (χ3n) is 2.58. The standard InChI is InChI=1S/C12H20N2O2/c1-9-11(15-2)5-4-10(12(9)16-3)6-7-14-8-13/h4-5,14H,6-8,13H2,1-3H3. The van der Waals surface area contributed by atoms with E-state index in [4.69, 9.17) is 15.2 Å². The Hall–Kier alpha value is -1.26. The van der Waals surface area contributed by atoms with E-state index in [1.54, 1.807) is 14.2 Å². The van der Waals surface area contributed by atoms with Gasteiger partial charge in [0.05, 0.1) is 14.2 Å². The average Bonchev–Trinajstić information content (AvgIpc) is 2.30. The molecule has 1 aromatic carbocycles. The molecule has 0 aliphatic carbocycles. The fourth-order valence-corrected chi connectivity index (χ4v) is 1.76. The van der Waals surface area contributed by atoms with E-state index in [2.05, 4.69) is 5.32 Å². The van der Waals surface area contributed by atoms with Gasteiger partial charge in [-0.25, -0.2) is 0 Å². The normalized spacial score (nSPS) is 10.2. The van der Waals surface area contributed by atoms with Crippen LogP contribution in [-0.2, 0) is 6.42 Å². The van der Waals surface area contributed by atoms with Crippen molar-refractivity contribution < 1.29 is 9.47 Å². The van der Waals surface area contributed by atoms with Crippen molar-refractivity contribution in [3.8, 4) is 11.5 Å². The molecule has 0 amide bonds. The van der Waals surface area contributed by atoms with Gasteiger partial charge in [0.2, 0.25) is 0 Å². The summed E-state index contributed by atoms with van der Waals surface area (Å²) in [6.07, 6.45) is 0.894. The van der Waals surface area contributed by atoms with Crippen LogP contribution in [0.1, 0.15) is 11.1 Å². The van der Waals surface area contributed by atoms with Gasteiger partial charge in [-0.15, -0.1) is 0 Å². The van der Waals surface area contributed by atoms with Crippen LogP contribution >= 0.6 is 0 Å². The van der Waals surface area contributed by atoms with E-state index in [-0.39, 0.29) is 0 Å². The van der Waals surface area contributed by atoms with Crippen molar-refractivity contribution in [1.82, 2.24) is 5.32 Å². The monoisotopic (exact) mass is 224 g/mol. The molecule has 0 aliphatic rings. The lowest BCUT2D eigenvalue weighted by molar-refractivity contribution is 0.385. The molecule has 0 fully saturated rings. The molecule has 4 heteroatoms. The number of methoxy groups -OCH3 is 2. The van der Waals surface area contributed by atoms with Gasteiger partial charge in [0.25, 0.3) is 0 Å². The lowest BCUT2D eigenvalue weighted by Gasteiger charge is -2.14. The first-order chi connectivity index (χ1) is 7.74. The maximum atomic E-state index is 5.41. The highest BCUT2D eigenvalue weighted by Gasteiger charge is 2.10. The molecule has 3 N–H and O–H groups in total. The Labute approximate surface area is 96.7 Å². The Morgan fingerprint density at radius 3 is 2.56 bits per heavy atom. The van der Waals surface area contributed by atoms with Crippen LogP contribution in [0.5, 0.6) is 11.5 Å². The van der Waals surface area contributed by atoms with Gasteiger partial charge in [0.1, 0.15) is 11.5 Å². The molecule has 0 bridgehead atoms. The van der Waals surface area contributed by atoms with Crippen molar-refractivity contribution in [2.45, 2.75) is 13.3 Å². The first-order valence-electron chi connectivity index (χ1n) is 5.35. The summed E-state index contributed by atoms with van der Waals surface area (Å²) in [4.78, 5) is 0. The average molecular weight is 224 g/mol. The van der Waals surface area contributed by atoms with Crippen LogP contribution in [0.4, 0.5) is 0 Å². The highest BCUT2D eigenvalue weighted by atomic mass is 16.5. The Morgan fingerprint density at radius 1 is 1.25 bits per heavy atom. The minimum absolute atomic E-state index is 0.497. The summed E-state index contributed by atoms with van der Waals surface area (Å²) < 4.78 is 10.7. The Balaban J connectivity index is 2.88. The smallest absolute Gasteiger partial charge is 0.128 e. The van der Waals surface area contributed by atoms with E-state index in [9.17, 15) is 0 Å². The van der Waals surface area contributed by atoms with Crippen molar-refractivity contribution in [3.63, 3.8) is 0 Å². The van der Waals surface area contributed by atoms with Gasteiger partial charge in [0, 0.05) is 18.8 Å². The first-order valence-corrected chi connectivity index (χ1v) is 5.35. The molecule has 0 aromatic heterocycles. The van der Waals surface area contributed by atoms with Crippen molar-refractivity contribution in [3.05, 3.63) is 23.3 Å². The zero-order valence-corrected chi connectivity index (χ0v) is 10.2. The molecule has 4 nitrogen and oxygen atoms in total. The molecule has 0 heterocycles. The number of nitrogens with two attached hydrogens (primary N) is 1. The fraction of sp³-hybridized carbons (Fsp3) is 0.500. The van der Waals surface area contributed by atoms with E-state index < -0.39 is 0 Å². The number of benzene rings is 1. The number of hydrogen-bond donors (Lipinski definition) is 2. The van der Waals surface area contributed by atoms with Crippen LogP contribution in [-0.4, -0.2) is 27.4 Å². The number of hydrogen-bond acceptors (Lipinski definition) is 4. The van der Waals surface area contributed by atoms with Crippen LogP contribution in [0.3, 0.4) is 0 Å². The summed E-state index contributed by atoms with van der Waals surface area (Å²) in [5.74, 6) is 1.76. The zero-order valence-electron chi connectivity index (χ0n) is 10.2. The van der Waals surface area contributed by atoms with E-state index in [1.165, 1.54) is 5.56 Å². The van der Waals surface area contributed by atoms with Crippen molar-refractivity contribution in [1.29, 1.82) is 0 Å². The van der Waals surface area contributed by atoms with Crippen molar-refractivity contribution in [2.24, 2.45) is 5.73 Å². The largest absolute Gasteiger partial charge is 0.496 e. The highest BCUT2D eigenvalue weighted by molar-refractivity contribution is 5.49. The minimum Gasteiger partial charge on any atom is -0.496 e. The molecule has 0 radical (unpaired) electrons. The fourth-order valence-electron chi connectivity index (χ4n) is 1.76. The third-order valence-corrected chi connectivity index (χ3v) is 2.58. The molecular formula is C12H20N2O2. The maximum Gasteiger partial charge on any atom is 0.128 e. The Kier molecular flexibility index (Phi) is 5.08. The quantitative estimate of drug-likeness (QED) is 0.560. The Bertz CT molecular complexity index is 340. The van der Waals surface area contributed by atoms with E-state index >= 15 is 0 Å². The molecule has 0 atom stereocenters. The predicted octanol–water partition coefficient (Wildman–Crippen LogP) is 1.06. The second kappa shape index (κ2) is 6.35. The van der Waals surface area contributed by atoms with Crippen LogP contribution < -0.4 is 20.5 Å². The molecule has 90 valence electrons. The molecule has 0 unspecified atom stereocenters. The van der Waals surface area contributed by atoms with Gasteiger partial charge < -0.3 is 20.5 Å². The topological polar surface area (TPSA) is 56.5 Å². The molecule has 0 aliphatic heterocycles. The van der Waals surface area contributed by atoms with Gasteiger partial charge in [-0.2, -0.15) is 0 Å². The predicted molar refractivity (Wildman–Crippen MR) is 65.0 cm³/mol. The summed E-state index contributed by atoms with van der Waals surface area (Å²) >= 11 is 0. The molecule has 16 heavy (non-hydrogen) atoms. The number of ether oxygens (including phenoxy) is 2. The molecule has 0 saturated heterocycles. The summed E-state index contributed by atoms with van der Waals surface area (Å²) in [5.41, 5.74) is 7.58. The molecule has 0 spiro atoms. The summed E-state index contributed by atoms with van der Waals surface area (Å²) in [6, 6.07) is 4.00. The van der Waals surface area contributed by atoms with E-state index in [0.29, 0.717) is 6.67 Å². The summed E-state index contributed by atoms with van der Waals surface area (Å²) in [6.45, 7) is 3.34. The second-order valence-electron chi connectivity index (χ2n) is 3.54. The molecular weight excluding hydrogens is 204 g/mol. The number of nitrogens with one attached hydrogen (secondary N) is 1. The van der Waals surface area contributed by atoms with Gasteiger partial charge in [0.15, 0.2) is 0 Å². The Morgan fingerprint density at radius 2 is 2.00 bits per heavy atom. The molecule has 1 rings (SSSR count). The summed E-state index contributed by atoms with van der Waals surface area (Å²) in [7, 11) is 3.35. The molecule has 0 saturated carbocycles. The van der Waals surface area contributed by atoms with Crippen LogP contribution in [0.25, 0.3) is 0 Å². The van der Waals surface area contributed by atoms with Gasteiger partial charge in [-0.05, 0) is 25.0 Å². The van der Waals surface area contributed by atoms with Gasteiger partial charge >= 0.3 is 0 Å². The highest BCUT2D eigenvalue weighted by Crippen LogP contribution is 2.31. The van der Waals surface area contributed by atoms with E-state index in [1.807, 2.05) is 19.1 Å².